The molecule has 1 N–H and O–H groups in total. The number of nitrogens with one attached hydrogen (secondary N) is 1. The van der Waals surface area contributed by atoms with Crippen molar-refractivity contribution in [3.8, 4) is 11.5 Å². The summed E-state index contributed by atoms with van der Waals surface area (Å²) in [4.78, 5) is 13.0. The van der Waals surface area contributed by atoms with Crippen molar-refractivity contribution in [2.24, 2.45) is 0 Å². The minimum Gasteiger partial charge on any atom is -0.493 e. The van der Waals surface area contributed by atoms with Gasteiger partial charge in [0.05, 0.1) is 24.8 Å². The number of hydrogen-bond acceptors (Lipinski definition) is 6. The van der Waals surface area contributed by atoms with E-state index in [4.69, 9.17) is 13.9 Å². The number of anilines is 2. The van der Waals surface area contributed by atoms with Crippen molar-refractivity contribution in [2.75, 3.05) is 30.4 Å². The maximum Gasteiger partial charge on any atom is 0.264 e. The van der Waals surface area contributed by atoms with Gasteiger partial charge >= 0.3 is 0 Å². The van der Waals surface area contributed by atoms with Gasteiger partial charge in [-0.1, -0.05) is 18.2 Å². The average molecular weight is 535 g/mol. The largest absolute Gasteiger partial charge is 0.493 e. The van der Waals surface area contributed by atoms with Crippen LogP contribution in [-0.4, -0.2) is 35.1 Å². The second-order valence-electron chi connectivity index (χ2n) is 8.36. The molecule has 0 unspecified atom stereocenters. The molecule has 0 saturated heterocycles. The predicted molar refractivity (Wildman–Crippen MR) is 143 cm³/mol. The van der Waals surface area contributed by atoms with E-state index in [1.165, 1.54) is 44.6 Å². The topological polar surface area (TPSA) is 98.1 Å². The van der Waals surface area contributed by atoms with Gasteiger partial charge in [0.2, 0.25) is 5.91 Å². The number of para-hydroxylation sites is 1. The fourth-order valence-corrected chi connectivity index (χ4v) is 5.60. The molecule has 0 radical (unpaired) electrons. The number of fused-ring (bicyclic) bond motifs is 3. The Kier molecular flexibility index (Phi) is 6.64. The zero-order valence-corrected chi connectivity index (χ0v) is 21.3. The van der Waals surface area contributed by atoms with E-state index in [0.29, 0.717) is 17.0 Å². The molecule has 0 aliphatic rings. The fourth-order valence-electron chi connectivity index (χ4n) is 4.16. The van der Waals surface area contributed by atoms with Gasteiger partial charge < -0.3 is 19.2 Å². The monoisotopic (exact) mass is 534 g/mol. The Balaban J connectivity index is 1.46. The second-order valence-corrected chi connectivity index (χ2v) is 10.2. The summed E-state index contributed by atoms with van der Waals surface area (Å²) < 4.78 is 58.2. The first-order chi connectivity index (χ1) is 18.3. The molecule has 5 rings (SSSR count). The lowest BCUT2D eigenvalue weighted by molar-refractivity contribution is -0.114. The summed E-state index contributed by atoms with van der Waals surface area (Å²) in [6.07, 6.45) is 0. The second kappa shape index (κ2) is 10.1. The molecule has 1 amide bonds. The van der Waals surface area contributed by atoms with E-state index in [-0.39, 0.29) is 16.3 Å². The molecule has 0 bridgehead atoms. The van der Waals surface area contributed by atoms with E-state index in [9.17, 15) is 17.6 Å². The molecular weight excluding hydrogens is 511 g/mol. The third-order valence-corrected chi connectivity index (χ3v) is 7.78. The van der Waals surface area contributed by atoms with Crippen LogP contribution in [0.5, 0.6) is 11.5 Å². The molecule has 0 fully saturated rings. The standard InChI is InChI=1S/C28H23FN2O6S/c1-35-25-14-12-21(16-27(25)36-2)38(33,34)31(20-10-7-18(29)8-11-20)17-28(32)30-19-9-13-23-22-5-3-4-6-24(22)37-26(23)15-19/h3-16H,17H2,1-2H3,(H,30,32). The van der Waals surface area contributed by atoms with Crippen LogP contribution in [0.1, 0.15) is 0 Å². The summed E-state index contributed by atoms with van der Waals surface area (Å²) >= 11 is 0. The molecule has 1 heterocycles. The number of furan rings is 1. The average Bonchev–Trinajstić information content (AvgIpc) is 3.29. The van der Waals surface area contributed by atoms with Gasteiger partial charge in [-0.15, -0.1) is 0 Å². The number of carbonyl (C=O) groups is 1. The SMILES string of the molecule is COc1ccc(S(=O)(=O)N(CC(=O)Nc2ccc3c(c2)oc2ccccc23)c2ccc(F)cc2)cc1OC. The normalized spacial score (nSPS) is 11.4. The highest BCUT2D eigenvalue weighted by atomic mass is 32.2. The van der Waals surface area contributed by atoms with Crippen molar-refractivity contribution in [1.82, 2.24) is 0 Å². The number of amides is 1. The van der Waals surface area contributed by atoms with Gasteiger partial charge in [0.1, 0.15) is 23.5 Å². The zero-order valence-electron chi connectivity index (χ0n) is 20.5. The maximum absolute atomic E-state index is 13.7. The molecule has 38 heavy (non-hydrogen) atoms. The molecule has 194 valence electrons. The molecule has 0 saturated carbocycles. The molecule has 8 nitrogen and oxygen atoms in total. The van der Waals surface area contributed by atoms with Crippen LogP contribution in [0.2, 0.25) is 0 Å². The highest BCUT2D eigenvalue weighted by molar-refractivity contribution is 7.92. The van der Waals surface area contributed by atoms with Gasteiger partial charge in [-0.25, -0.2) is 12.8 Å². The van der Waals surface area contributed by atoms with Crippen LogP contribution in [-0.2, 0) is 14.8 Å². The van der Waals surface area contributed by atoms with E-state index < -0.39 is 28.3 Å². The van der Waals surface area contributed by atoms with E-state index in [1.807, 2.05) is 30.3 Å². The highest BCUT2D eigenvalue weighted by Crippen LogP contribution is 2.33. The van der Waals surface area contributed by atoms with Crippen molar-refractivity contribution in [3.63, 3.8) is 0 Å². The minimum absolute atomic E-state index is 0.115. The van der Waals surface area contributed by atoms with Crippen molar-refractivity contribution in [3.05, 3.63) is 90.7 Å². The zero-order chi connectivity index (χ0) is 26.9. The van der Waals surface area contributed by atoms with Crippen LogP contribution in [0.15, 0.2) is 94.2 Å². The van der Waals surface area contributed by atoms with Gasteiger partial charge in [0.15, 0.2) is 11.5 Å². The number of halogens is 1. The van der Waals surface area contributed by atoms with E-state index in [1.54, 1.807) is 12.1 Å². The Hall–Kier alpha value is -4.57. The van der Waals surface area contributed by atoms with E-state index in [2.05, 4.69) is 5.32 Å². The van der Waals surface area contributed by atoms with Gasteiger partial charge in [-0.05, 0) is 54.6 Å². The fraction of sp³-hybridized carbons (Fsp3) is 0.107. The third-order valence-electron chi connectivity index (χ3n) is 6.01. The van der Waals surface area contributed by atoms with Crippen LogP contribution in [0.3, 0.4) is 0 Å². The third kappa shape index (κ3) is 4.73. The Morgan fingerprint density at radius 2 is 1.58 bits per heavy atom. The van der Waals surface area contributed by atoms with Crippen LogP contribution in [0, 0.1) is 5.82 Å². The summed E-state index contributed by atoms with van der Waals surface area (Å²) in [7, 11) is -1.45. The van der Waals surface area contributed by atoms with Crippen molar-refractivity contribution >= 4 is 49.2 Å². The van der Waals surface area contributed by atoms with Crippen LogP contribution >= 0.6 is 0 Å². The molecule has 0 aliphatic heterocycles. The van der Waals surface area contributed by atoms with Crippen molar-refractivity contribution in [2.45, 2.75) is 4.90 Å². The van der Waals surface area contributed by atoms with E-state index in [0.717, 1.165) is 32.8 Å². The molecule has 0 spiro atoms. The van der Waals surface area contributed by atoms with Gasteiger partial charge in [0, 0.05) is 28.6 Å². The first kappa shape index (κ1) is 25.1. The molecule has 0 atom stereocenters. The number of ether oxygens (including phenoxy) is 2. The Bertz CT molecular complexity index is 1750. The summed E-state index contributed by atoms with van der Waals surface area (Å²) in [5, 5.41) is 4.57. The van der Waals surface area contributed by atoms with Gasteiger partial charge in [0.25, 0.3) is 10.0 Å². The minimum atomic E-state index is -4.27. The first-order valence-corrected chi connectivity index (χ1v) is 13.0. The predicted octanol–water partition coefficient (Wildman–Crippen LogP) is 5.58. The number of sulfonamides is 1. The molecule has 0 aliphatic carbocycles. The maximum atomic E-state index is 13.7. The van der Waals surface area contributed by atoms with Gasteiger partial charge in [-0.2, -0.15) is 0 Å². The molecule has 10 heteroatoms. The number of rotatable bonds is 8. The number of carbonyl (C=O) groups excluding carboxylic acids is 1. The Morgan fingerprint density at radius 1 is 0.868 bits per heavy atom. The summed E-state index contributed by atoms with van der Waals surface area (Å²) in [6.45, 7) is -0.569. The van der Waals surface area contributed by atoms with Gasteiger partial charge in [-0.3, -0.25) is 9.10 Å². The molecule has 4 aromatic carbocycles. The number of methoxy groups -OCH3 is 2. The van der Waals surface area contributed by atoms with Crippen LogP contribution < -0.4 is 19.1 Å². The lowest BCUT2D eigenvalue weighted by Gasteiger charge is -2.24. The number of hydrogen-bond donors (Lipinski definition) is 1. The first-order valence-electron chi connectivity index (χ1n) is 11.5. The smallest absolute Gasteiger partial charge is 0.264 e. The lowest BCUT2D eigenvalue weighted by atomic mass is 10.1. The summed E-state index contributed by atoms with van der Waals surface area (Å²) in [5.74, 6) is -0.593. The number of benzene rings is 4. The summed E-state index contributed by atoms with van der Waals surface area (Å²) in [5.41, 5.74) is 1.85. The Morgan fingerprint density at radius 3 is 2.32 bits per heavy atom. The molecule has 5 aromatic rings. The Labute approximate surface area is 218 Å². The molecular formula is C28H23FN2O6S. The highest BCUT2D eigenvalue weighted by Gasteiger charge is 2.28. The molecule has 1 aromatic heterocycles. The van der Waals surface area contributed by atoms with Crippen LogP contribution in [0.25, 0.3) is 21.9 Å². The van der Waals surface area contributed by atoms with E-state index >= 15 is 0 Å². The quantitative estimate of drug-likeness (QED) is 0.279. The van der Waals surface area contributed by atoms with Crippen LogP contribution in [0.4, 0.5) is 15.8 Å². The summed E-state index contributed by atoms with van der Waals surface area (Å²) in [6, 6.07) is 21.7. The van der Waals surface area contributed by atoms with Crippen molar-refractivity contribution < 1.29 is 31.5 Å². The lowest BCUT2D eigenvalue weighted by Crippen LogP contribution is -2.38. The van der Waals surface area contributed by atoms with Crippen molar-refractivity contribution in [1.29, 1.82) is 0 Å². The number of nitrogens with zero attached hydrogens (tertiary/aromatic N) is 1.